The van der Waals surface area contributed by atoms with Gasteiger partial charge in [0.2, 0.25) is 0 Å². The Kier molecular flexibility index (Phi) is 7.43. The molecule has 0 bridgehead atoms. The van der Waals surface area contributed by atoms with Crippen LogP contribution in [0.2, 0.25) is 0 Å². The van der Waals surface area contributed by atoms with Crippen molar-refractivity contribution in [3.05, 3.63) is 36.0 Å². The molecule has 0 fully saturated rings. The maximum atomic E-state index is 12.1. The third-order valence-electron chi connectivity index (χ3n) is 4.58. The van der Waals surface area contributed by atoms with Gasteiger partial charge in [-0.3, -0.25) is 4.79 Å². The predicted octanol–water partition coefficient (Wildman–Crippen LogP) is 3.96. The number of rotatable bonds is 1. The first kappa shape index (κ1) is 19.9. The molecule has 0 spiro atoms. The van der Waals surface area contributed by atoms with Crippen molar-refractivity contribution in [2.24, 2.45) is 11.8 Å². The SMILES string of the molecule is C=C1CC[C@@H](C(C)C)/C=C/[C@@](C)(O)CC(=O)/C=C(\C)CC[C@@H]1O. The molecule has 0 aromatic rings. The Labute approximate surface area is 140 Å². The number of ketones is 1. The normalized spacial score (nSPS) is 35.5. The minimum Gasteiger partial charge on any atom is -0.389 e. The monoisotopic (exact) mass is 320 g/mol. The van der Waals surface area contributed by atoms with Crippen LogP contribution < -0.4 is 0 Å². The van der Waals surface area contributed by atoms with Crippen molar-refractivity contribution in [3.8, 4) is 0 Å². The summed E-state index contributed by atoms with van der Waals surface area (Å²) in [5.74, 6) is 0.641. The van der Waals surface area contributed by atoms with Gasteiger partial charge in [-0.1, -0.05) is 38.2 Å². The Morgan fingerprint density at radius 1 is 1.30 bits per heavy atom. The molecule has 23 heavy (non-hydrogen) atoms. The molecule has 0 saturated carbocycles. The summed E-state index contributed by atoms with van der Waals surface area (Å²) in [4.78, 5) is 12.1. The number of carbonyl (C=O) groups excluding carboxylic acids is 1. The Morgan fingerprint density at radius 2 is 1.96 bits per heavy atom. The van der Waals surface area contributed by atoms with Gasteiger partial charge in [0.15, 0.2) is 5.78 Å². The fourth-order valence-corrected chi connectivity index (χ4v) is 2.88. The van der Waals surface area contributed by atoms with E-state index < -0.39 is 11.7 Å². The second-order valence-corrected chi connectivity index (χ2v) is 7.51. The van der Waals surface area contributed by atoms with E-state index in [9.17, 15) is 15.0 Å². The van der Waals surface area contributed by atoms with E-state index in [0.717, 1.165) is 24.0 Å². The molecule has 130 valence electrons. The number of carbonyl (C=O) groups is 1. The van der Waals surface area contributed by atoms with Crippen molar-refractivity contribution in [1.29, 1.82) is 0 Å². The average Bonchev–Trinajstić information content (AvgIpc) is 2.42. The molecule has 0 unspecified atom stereocenters. The van der Waals surface area contributed by atoms with Crippen LogP contribution in [0.1, 0.15) is 59.8 Å². The third-order valence-corrected chi connectivity index (χ3v) is 4.58. The summed E-state index contributed by atoms with van der Waals surface area (Å²) in [6.07, 6.45) is 7.84. The Bertz CT molecular complexity index is 483. The van der Waals surface area contributed by atoms with Crippen LogP contribution in [0.5, 0.6) is 0 Å². The standard InChI is InChI=1S/C20H32O3/c1-14(2)17-8-7-16(4)19(22)9-6-15(3)12-18(21)13-20(5,23)11-10-17/h10-12,14,17,19,22-23H,4,6-9,13H2,1-3,5H3/b11-10+,15-12+/t17-,19+,20-/m1/s1. The Morgan fingerprint density at radius 3 is 2.57 bits per heavy atom. The lowest BCUT2D eigenvalue weighted by Gasteiger charge is -2.23. The van der Waals surface area contributed by atoms with E-state index in [-0.39, 0.29) is 12.2 Å². The lowest BCUT2D eigenvalue weighted by molar-refractivity contribution is -0.117. The van der Waals surface area contributed by atoms with E-state index in [1.54, 1.807) is 19.1 Å². The van der Waals surface area contributed by atoms with Crippen molar-refractivity contribution in [2.75, 3.05) is 0 Å². The van der Waals surface area contributed by atoms with Crippen molar-refractivity contribution >= 4 is 5.78 Å². The topological polar surface area (TPSA) is 57.5 Å². The highest BCUT2D eigenvalue weighted by Gasteiger charge is 2.22. The maximum Gasteiger partial charge on any atom is 0.158 e. The largest absolute Gasteiger partial charge is 0.389 e. The average molecular weight is 320 g/mol. The van der Waals surface area contributed by atoms with Crippen LogP contribution in [0.4, 0.5) is 0 Å². The zero-order chi connectivity index (χ0) is 17.6. The molecule has 0 aromatic carbocycles. The summed E-state index contributed by atoms with van der Waals surface area (Å²) < 4.78 is 0. The fourth-order valence-electron chi connectivity index (χ4n) is 2.88. The quantitative estimate of drug-likeness (QED) is 0.719. The van der Waals surface area contributed by atoms with Crippen LogP contribution in [0, 0.1) is 11.8 Å². The summed E-state index contributed by atoms with van der Waals surface area (Å²) >= 11 is 0. The number of allylic oxidation sites excluding steroid dienone is 3. The smallest absolute Gasteiger partial charge is 0.158 e. The molecule has 0 heterocycles. The molecule has 0 saturated heterocycles. The zero-order valence-corrected chi connectivity index (χ0v) is 15.0. The summed E-state index contributed by atoms with van der Waals surface area (Å²) in [6, 6.07) is 0. The van der Waals surface area contributed by atoms with Gasteiger partial charge in [0, 0.05) is 6.42 Å². The van der Waals surface area contributed by atoms with Crippen molar-refractivity contribution in [1.82, 2.24) is 0 Å². The molecular formula is C20H32O3. The van der Waals surface area contributed by atoms with Crippen molar-refractivity contribution in [2.45, 2.75) is 71.5 Å². The van der Waals surface area contributed by atoms with Gasteiger partial charge in [0.05, 0.1) is 11.7 Å². The van der Waals surface area contributed by atoms with Crippen LogP contribution >= 0.6 is 0 Å². The first-order valence-corrected chi connectivity index (χ1v) is 8.58. The Hall–Kier alpha value is -1.19. The molecule has 1 rings (SSSR count). The van der Waals surface area contributed by atoms with E-state index in [1.807, 2.05) is 13.0 Å². The van der Waals surface area contributed by atoms with Crippen LogP contribution in [0.25, 0.3) is 0 Å². The molecule has 1 aliphatic carbocycles. The van der Waals surface area contributed by atoms with Gasteiger partial charge >= 0.3 is 0 Å². The second-order valence-electron chi connectivity index (χ2n) is 7.51. The number of aliphatic hydroxyl groups is 2. The number of hydrogen-bond acceptors (Lipinski definition) is 3. The molecule has 0 aromatic heterocycles. The van der Waals surface area contributed by atoms with E-state index in [1.165, 1.54) is 0 Å². The highest BCUT2D eigenvalue weighted by atomic mass is 16.3. The minimum atomic E-state index is -1.12. The van der Waals surface area contributed by atoms with Gasteiger partial charge in [-0.2, -0.15) is 0 Å². The lowest BCUT2D eigenvalue weighted by Crippen LogP contribution is -2.25. The van der Waals surface area contributed by atoms with E-state index in [2.05, 4.69) is 20.4 Å². The maximum absolute atomic E-state index is 12.1. The number of hydrogen-bond donors (Lipinski definition) is 2. The van der Waals surface area contributed by atoms with Crippen LogP contribution in [-0.2, 0) is 4.79 Å². The Balaban J connectivity index is 3.01. The van der Waals surface area contributed by atoms with Gasteiger partial charge in [-0.15, -0.1) is 0 Å². The second kappa shape index (κ2) is 8.60. The van der Waals surface area contributed by atoms with E-state index >= 15 is 0 Å². The minimum absolute atomic E-state index is 0.0800. The molecule has 2 N–H and O–H groups in total. The van der Waals surface area contributed by atoms with Crippen LogP contribution in [0.15, 0.2) is 36.0 Å². The summed E-state index contributed by atoms with van der Waals surface area (Å²) in [6.45, 7) is 11.9. The van der Waals surface area contributed by atoms with Crippen LogP contribution in [-0.4, -0.2) is 27.7 Å². The first-order chi connectivity index (χ1) is 10.6. The molecule has 3 nitrogen and oxygen atoms in total. The highest BCUT2D eigenvalue weighted by molar-refractivity contribution is 5.91. The molecular weight excluding hydrogens is 288 g/mol. The first-order valence-electron chi connectivity index (χ1n) is 8.58. The van der Waals surface area contributed by atoms with E-state index in [4.69, 9.17) is 0 Å². The molecule has 0 aliphatic heterocycles. The summed E-state index contributed by atoms with van der Waals surface area (Å²) in [7, 11) is 0. The van der Waals surface area contributed by atoms with Gasteiger partial charge in [0.1, 0.15) is 0 Å². The highest BCUT2D eigenvalue weighted by Crippen LogP contribution is 2.26. The molecule has 0 radical (unpaired) electrons. The molecule has 1 aliphatic rings. The molecule has 3 atom stereocenters. The van der Waals surface area contributed by atoms with Crippen LogP contribution in [0.3, 0.4) is 0 Å². The van der Waals surface area contributed by atoms with E-state index in [0.29, 0.717) is 24.7 Å². The molecule has 3 heteroatoms. The van der Waals surface area contributed by atoms with Crippen molar-refractivity contribution in [3.63, 3.8) is 0 Å². The van der Waals surface area contributed by atoms with Gasteiger partial charge < -0.3 is 10.2 Å². The third kappa shape index (κ3) is 7.28. The molecule has 0 amide bonds. The fraction of sp³-hybridized carbons (Fsp3) is 0.650. The predicted molar refractivity (Wildman–Crippen MR) is 95.1 cm³/mol. The van der Waals surface area contributed by atoms with Crippen molar-refractivity contribution < 1.29 is 15.0 Å². The van der Waals surface area contributed by atoms with Gasteiger partial charge in [0.25, 0.3) is 0 Å². The van der Waals surface area contributed by atoms with Gasteiger partial charge in [-0.05, 0) is 63.0 Å². The van der Waals surface area contributed by atoms with Gasteiger partial charge in [-0.25, -0.2) is 0 Å². The summed E-state index contributed by atoms with van der Waals surface area (Å²) in [5, 5.41) is 20.6. The lowest BCUT2D eigenvalue weighted by atomic mass is 9.85. The summed E-state index contributed by atoms with van der Waals surface area (Å²) in [5.41, 5.74) is 0.660. The number of aliphatic hydroxyl groups excluding tert-OH is 1. The zero-order valence-electron chi connectivity index (χ0n) is 15.0.